The molecule has 0 amide bonds. The fourth-order valence-corrected chi connectivity index (χ4v) is 1.88. The highest BCUT2D eigenvalue weighted by Gasteiger charge is 2.35. The van der Waals surface area contributed by atoms with Crippen molar-refractivity contribution < 1.29 is 19.1 Å². The number of methoxy groups -OCH3 is 2. The maximum absolute atomic E-state index is 11.7. The third kappa shape index (κ3) is 5.17. The molecular formula is C14H22O4. The van der Waals surface area contributed by atoms with Gasteiger partial charge >= 0.3 is 11.9 Å². The SMILES string of the molecule is C=CCCC(CCC=C)C(C(=O)OC)C(=O)OC. The van der Waals surface area contributed by atoms with Crippen LogP contribution in [0, 0.1) is 11.8 Å². The Bertz CT molecular complexity index is 268. The molecule has 0 aromatic carbocycles. The van der Waals surface area contributed by atoms with Crippen LogP contribution in [-0.4, -0.2) is 26.2 Å². The molecule has 0 radical (unpaired) electrons. The minimum absolute atomic E-state index is 0.110. The van der Waals surface area contributed by atoms with Crippen molar-refractivity contribution in [3.8, 4) is 0 Å². The topological polar surface area (TPSA) is 52.6 Å². The molecule has 4 heteroatoms. The van der Waals surface area contributed by atoms with E-state index < -0.39 is 17.9 Å². The van der Waals surface area contributed by atoms with Gasteiger partial charge in [0.1, 0.15) is 0 Å². The molecule has 0 aliphatic carbocycles. The van der Waals surface area contributed by atoms with Gasteiger partial charge < -0.3 is 9.47 Å². The van der Waals surface area contributed by atoms with Crippen molar-refractivity contribution in [1.82, 2.24) is 0 Å². The van der Waals surface area contributed by atoms with Crippen LogP contribution in [0.5, 0.6) is 0 Å². The molecule has 0 heterocycles. The second-order valence-electron chi connectivity index (χ2n) is 4.02. The smallest absolute Gasteiger partial charge is 0.320 e. The van der Waals surface area contributed by atoms with Crippen LogP contribution in [0.1, 0.15) is 25.7 Å². The predicted molar refractivity (Wildman–Crippen MR) is 69.9 cm³/mol. The number of allylic oxidation sites excluding steroid dienone is 2. The van der Waals surface area contributed by atoms with E-state index in [-0.39, 0.29) is 5.92 Å². The van der Waals surface area contributed by atoms with Crippen LogP contribution in [0.3, 0.4) is 0 Å². The highest BCUT2D eigenvalue weighted by atomic mass is 16.5. The predicted octanol–water partition coefficient (Wildman–Crippen LogP) is 2.50. The molecule has 4 nitrogen and oxygen atoms in total. The summed E-state index contributed by atoms with van der Waals surface area (Å²) in [5.74, 6) is -2.05. The Morgan fingerprint density at radius 3 is 1.67 bits per heavy atom. The summed E-state index contributed by atoms with van der Waals surface area (Å²) in [4.78, 5) is 23.4. The summed E-state index contributed by atoms with van der Waals surface area (Å²) >= 11 is 0. The minimum Gasteiger partial charge on any atom is -0.468 e. The molecule has 0 bridgehead atoms. The van der Waals surface area contributed by atoms with Crippen LogP contribution in [0.2, 0.25) is 0 Å². The lowest BCUT2D eigenvalue weighted by Gasteiger charge is -2.22. The van der Waals surface area contributed by atoms with E-state index in [1.807, 2.05) is 0 Å². The van der Waals surface area contributed by atoms with Crippen LogP contribution >= 0.6 is 0 Å². The van der Waals surface area contributed by atoms with Crippen molar-refractivity contribution in [2.75, 3.05) is 14.2 Å². The van der Waals surface area contributed by atoms with Crippen LogP contribution in [-0.2, 0) is 19.1 Å². The Morgan fingerprint density at radius 1 is 1.00 bits per heavy atom. The average molecular weight is 254 g/mol. The summed E-state index contributed by atoms with van der Waals surface area (Å²) in [5.41, 5.74) is 0. The summed E-state index contributed by atoms with van der Waals surface area (Å²) in [6.45, 7) is 7.30. The zero-order chi connectivity index (χ0) is 14.0. The second-order valence-corrected chi connectivity index (χ2v) is 4.02. The molecule has 0 saturated carbocycles. The fraction of sp³-hybridized carbons (Fsp3) is 0.571. The molecule has 0 aromatic heterocycles. The quantitative estimate of drug-likeness (QED) is 0.360. The van der Waals surface area contributed by atoms with Crippen LogP contribution in [0.25, 0.3) is 0 Å². The molecule has 102 valence electrons. The van der Waals surface area contributed by atoms with Gasteiger partial charge in [0.15, 0.2) is 5.92 Å². The fourth-order valence-electron chi connectivity index (χ4n) is 1.88. The molecule has 0 N–H and O–H groups in total. The number of esters is 2. The Hall–Kier alpha value is -1.58. The third-order valence-corrected chi connectivity index (χ3v) is 2.86. The summed E-state index contributed by atoms with van der Waals surface area (Å²) < 4.78 is 9.37. The Kier molecular flexibility index (Phi) is 8.62. The van der Waals surface area contributed by atoms with Crippen molar-refractivity contribution >= 4 is 11.9 Å². The van der Waals surface area contributed by atoms with Gasteiger partial charge in [-0.15, -0.1) is 13.2 Å². The van der Waals surface area contributed by atoms with Gasteiger partial charge in [0.05, 0.1) is 14.2 Å². The maximum atomic E-state index is 11.7. The lowest BCUT2D eigenvalue weighted by atomic mass is 9.84. The van der Waals surface area contributed by atoms with Gasteiger partial charge in [0.2, 0.25) is 0 Å². The summed E-state index contributed by atoms with van der Waals surface area (Å²) in [6.07, 6.45) is 6.43. The van der Waals surface area contributed by atoms with Gasteiger partial charge in [-0.25, -0.2) is 0 Å². The van der Waals surface area contributed by atoms with Crippen molar-refractivity contribution in [3.63, 3.8) is 0 Å². The highest BCUT2D eigenvalue weighted by Crippen LogP contribution is 2.26. The molecule has 0 atom stereocenters. The first kappa shape index (κ1) is 16.4. The van der Waals surface area contributed by atoms with Gasteiger partial charge in [-0.2, -0.15) is 0 Å². The van der Waals surface area contributed by atoms with Crippen molar-refractivity contribution in [3.05, 3.63) is 25.3 Å². The van der Waals surface area contributed by atoms with E-state index in [4.69, 9.17) is 0 Å². The van der Waals surface area contributed by atoms with Crippen molar-refractivity contribution in [2.45, 2.75) is 25.7 Å². The van der Waals surface area contributed by atoms with E-state index in [2.05, 4.69) is 22.6 Å². The maximum Gasteiger partial charge on any atom is 0.320 e. The summed E-state index contributed by atoms with van der Waals surface area (Å²) in [5, 5.41) is 0. The Morgan fingerprint density at radius 2 is 1.39 bits per heavy atom. The third-order valence-electron chi connectivity index (χ3n) is 2.86. The van der Waals surface area contributed by atoms with E-state index >= 15 is 0 Å². The normalized spacial score (nSPS) is 10.2. The first-order valence-electron chi connectivity index (χ1n) is 5.99. The number of rotatable bonds is 9. The lowest BCUT2D eigenvalue weighted by Crippen LogP contribution is -2.33. The van der Waals surface area contributed by atoms with Crippen LogP contribution in [0.4, 0.5) is 0 Å². The number of carbonyl (C=O) groups is 2. The number of hydrogen-bond acceptors (Lipinski definition) is 4. The van der Waals surface area contributed by atoms with Crippen LogP contribution in [0.15, 0.2) is 25.3 Å². The molecule has 0 saturated heterocycles. The lowest BCUT2D eigenvalue weighted by molar-refractivity contribution is -0.161. The highest BCUT2D eigenvalue weighted by molar-refractivity contribution is 5.95. The molecule has 0 aliphatic heterocycles. The monoisotopic (exact) mass is 254 g/mol. The largest absolute Gasteiger partial charge is 0.468 e. The zero-order valence-electron chi connectivity index (χ0n) is 11.2. The van der Waals surface area contributed by atoms with E-state index in [1.165, 1.54) is 14.2 Å². The number of hydrogen-bond donors (Lipinski definition) is 0. The molecule has 0 aliphatic rings. The minimum atomic E-state index is -0.861. The van der Waals surface area contributed by atoms with Gasteiger partial charge in [0.25, 0.3) is 0 Å². The van der Waals surface area contributed by atoms with Crippen molar-refractivity contribution in [1.29, 1.82) is 0 Å². The van der Waals surface area contributed by atoms with E-state index in [9.17, 15) is 9.59 Å². The molecule has 0 rings (SSSR count). The number of ether oxygens (including phenoxy) is 2. The van der Waals surface area contributed by atoms with Gasteiger partial charge in [-0.3, -0.25) is 9.59 Å². The summed E-state index contributed by atoms with van der Waals surface area (Å²) in [6, 6.07) is 0. The number of carbonyl (C=O) groups excluding carboxylic acids is 2. The van der Waals surface area contributed by atoms with Gasteiger partial charge in [-0.1, -0.05) is 12.2 Å². The van der Waals surface area contributed by atoms with E-state index in [0.29, 0.717) is 12.8 Å². The van der Waals surface area contributed by atoms with E-state index in [0.717, 1.165) is 12.8 Å². The molecule has 0 fully saturated rings. The van der Waals surface area contributed by atoms with Gasteiger partial charge in [-0.05, 0) is 31.6 Å². The molecule has 18 heavy (non-hydrogen) atoms. The molecular weight excluding hydrogens is 232 g/mol. The van der Waals surface area contributed by atoms with Crippen molar-refractivity contribution in [2.24, 2.45) is 11.8 Å². The Balaban J connectivity index is 4.91. The molecule has 0 unspecified atom stereocenters. The molecule has 0 spiro atoms. The Labute approximate surface area is 109 Å². The first-order chi connectivity index (χ1) is 8.62. The second kappa shape index (κ2) is 9.45. The van der Waals surface area contributed by atoms with Crippen LogP contribution < -0.4 is 0 Å². The standard InChI is InChI=1S/C14H22O4/c1-5-7-9-11(10-8-6-2)12(13(15)17-3)14(16)18-4/h5-6,11-12H,1-2,7-10H2,3-4H3. The van der Waals surface area contributed by atoms with E-state index in [1.54, 1.807) is 12.2 Å². The average Bonchev–Trinajstić information content (AvgIpc) is 2.40. The van der Waals surface area contributed by atoms with Gasteiger partial charge in [0, 0.05) is 0 Å². The zero-order valence-corrected chi connectivity index (χ0v) is 11.2. The first-order valence-corrected chi connectivity index (χ1v) is 5.99. The summed E-state index contributed by atoms with van der Waals surface area (Å²) in [7, 11) is 2.55. The molecule has 0 aromatic rings.